The van der Waals surface area contributed by atoms with Gasteiger partial charge in [0.25, 0.3) is 0 Å². The minimum Gasteiger partial charge on any atom is -0.496 e. The lowest BCUT2D eigenvalue weighted by Crippen LogP contribution is -2.46. The first-order valence-corrected chi connectivity index (χ1v) is 11.2. The number of aromatic nitrogens is 1. The van der Waals surface area contributed by atoms with Crippen molar-refractivity contribution in [2.24, 2.45) is 7.05 Å². The Balaban J connectivity index is 1.53. The molecule has 0 radical (unpaired) electrons. The van der Waals surface area contributed by atoms with Crippen LogP contribution in [0, 0.1) is 0 Å². The highest BCUT2D eigenvalue weighted by Crippen LogP contribution is 2.26. The van der Waals surface area contributed by atoms with Gasteiger partial charge in [-0.2, -0.15) is 0 Å². The summed E-state index contributed by atoms with van der Waals surface area (Å²) in [5.74, 6) is 1.08. The van der Waals surface area contributed by atoms with Crippen LogP contribution in [0.2, 0.25) is 0 Å². The van der Waals surface area contributed by atoms with Gasteiger partial charge >= 0.3 is 0 Å². The number of hydrogen-bond acceptors (Lipinski definition) is 3. The topological polar surface area (TPSA) is 37.7 Å². The third-order valence-electron chi connectivity index (χ3n) is 6.57. The Morgan fingerprint density at radius 2 is 1.74 bits per heavy atom. The molecule has 0 bridgehead atoms. The Kier molecular flexibility index (Phi) is 6.62. The molecular formula is C26H33N3O2. The van der Waals surface area contributed by atoms with E-state index in [4.69, 9.17) is 4.74 Å². The molecule has 5 heteroatoms. The predicted octanol–water partition coefficient (Wildman–Crippen LogP) is 4.24. The number of carbonyl (C=O) groups excluding carboxylic acids is 1. The molecule has 0 unspecified atom stereocenters. The maximum absolute atomic E-state index is 13.5. The van der Waals surface area contributed by atoms with Gasteiger partial charge in [-0.05, 0) is 57.1 Å². The highest BCUT2D eigenvalue weighted by molar-refractivity contribution is 5.85. The largest absolute Gasteiger partial charge is 0.496 e. The van der Waals surface area contributed by atoms with E-state index in [1.807, 2.05) is 18.2 Å². The van der Waals surface area contributed by atoms with E-state index < -0.39 is 0 Å². The summed E-state index contributed by atoms with van der Waals surface area (Å²) in [7, 11) is 5.92. The van der Waals surface area contributed by atoms with Crippen LogP contribution < -0.4 is 4.74 Å². The van der Waals surface area contributed by atoms with Crippen molar-refractivity contribution in [1.29, 1.82) is 0 Å². The fourth-order valence-corrected chi connectivity index (χ4v) is 4.75. The summed E-state index contributed by atoms with van der Waals surface area (Å²) in [6.07, 6.45) is 5.49. The molecule has 0 spiro atoms. The van der Waals surface area contributed by atoms with Gasteiger partial charge in [0.05, 0.1) is 7.11 Å². The third kappa shape index (κ3) is 4.77. The highest BCUT2D eigenvalue weighted by atomic mass is 16.5. The van der Waals surface area contributed by atoms with Gasteiger partial charge in [-0.1, -0.05) is 36.4 Å². The van der Waals surface area contributed by atoms with E-state index in [0.717, 1.165) is 43.7 Å². The Hall–Kier alpha value is -2.79. The first-order valence-electron chi connectivity index (χ1n) is 11.2. The SMILES string of the molecule is COc1ccccc1CN(C(=O)CCc1cn(C)c2ccccc12)C1CCN(C)CC1. The van der Waals surface area contributed by atoms with Crippen molar-refractivity contribution in [1.82, 2.24) is 14.4 Å². The summed E-state index contributed by atoms with van der Waals surface area (Å²) in [5, 5.41) is 1.24. The van der Waals surface area contributed by atoms with E-state index in [9.17, 15) is 4.79 Å². The zero-order valence-electron chi connectivity index (χ0n) is 18.9. The number of para-hydroxylation sites is 2. The van der Waals surface area contributed by atoms with Gasteiger partial charge in [-0.15, -0.1) is 0 Å². The minimum absolute atomic E-state index is 0.230. The second kappa shape index (κ2) is 9.56. The normalized spacial score (nSPS) is 15.3. The molecule has 1 amide bonds. The van der Waals surface area contributed by atoms with E-state index in [1.165, 1.54) is 16.5 Å². The van der Waals surface area contributed by atoms with Crippen molar-refractivity contribution < 1.29 is 9.53 Å². The summed E-state index contributed by atoms with van der Waals surface area (Å²) < 4.78 is 7.71. The summed E-state index contributed by atoms with van der Waals surface area (Å²) >= 11 is 0. The van der Waals surface area contributed by atoms with Gasteiger partial charge in [-0.3, -0.25) is 4.79 Å². The molecule has 1 aromatic heterocycles. The van der Waals surface area contributed by atoms with Gasteiger partial charge < -0.3 is 19.1 Å². The monoisotopic (exact) mass is 419 g/mol. The molecule has 2 heterocycles. The number of nitrogens with zero attached hydrogens (tertiary/aromatic N) is 3. The lowest BCUT2D eigenvalue weighted by atomic mass is 10.0. The van der Waals surface area contributed by atoms with Crippen LogP contribution in [0.4, 0.5) is 0 Å². The summed E-state index contributed by atoms with van der Waals surface area (Å²) in [5.41, 5.74) is 3.53. The number of fused-ring (bicyclic) bond motifs is 1. The Morgan fingerprint density at radius 3 is 2.52 bits per heavy atom. The molecule has 1 aliphatic rings. The average molecular weight is 420 g/mol. The second-order valence-corrected chi connectivity index (χ2v) is 8.65. The van der Waals surface area contributed by atoms with Crippen LogP contribution in [0.5, 0.6) is 5.75 Å². The first kappa shape index (κ1) is 21.4. The lowest BCUT2D eigenvalue weighted by molar-refractivity contribution is -0.135. The van der Waals surface area contributed by atoms with Gasteiger partial charge in [-0.25, -0.2) is 0 Å². The van der Waals surface area contributed by atoms with Crippen molar-refractivity contribution in [3.8, 4) is 5.75 Å². The van der Waals surface area contributed by atoms with Crippen molar-refractivity contribution in [2.45, 2.75) is 38.3 Å². The van der Waals surface area contributed by atoms with Crippen LogP contribution in [0.3, 0.4) is 0 Å². The molecule has 1 saturated heterocycles. The molecule has 0 saturated carbocycles. The van der Waals surface area contributed by atoms with Crippen LogP contribution in [-0.4, -0.2) is 53.6 Å². The Bertz CT molecular complexity index is 1030. The van der Waals surface area contributed by atoms with E-state index in [-0.39, 0.29) is 11.9 Å². The van der Waals surface area contributed by atoms with Crippen molar-refractivity contribution >= 4 is 16.8 Å². The molecule has 4 rings (SSSR count). The van der Waals surface area contributed by atoms with E-state index in [2.05, 4.69) is 65.0 Å². The number of rotatable bonds is 7. The summed E-state index contributed by atoms with van der Waals surface area (Å²) in [4.78, 5) is 18.0. The fourth-order valence-electron chi connectivity index (χ4n) is 4.75. The second-order valence-electron chi connectivity index (χ2n) is 8.65. The number of aryl methyl sites for hydroxylation is 2. The van der Waals surface area contributed by atoms with E-state index in [0.29, 0.717) is 13.0 Å². The van der Waals surface area contributed by atoms with E-state index >= 15 is 0 Å². The third-order valence-corrected chi connectivity index (χ3v) is 6.57. The van der Waals surface area contributed by atoms with Crippen molar-refractivity contribution in [3.63, 3.8) is 0 Å². The van der Waals surface area contributed by atoms with Crippen LogP contribution >= 0.6 is 0 Å². The smallest absolute Gasteiger partial charge is 0.223 e. The lowest BCUT2D eigenvalue weighted by Gasteiger charge is -2.37. The van der Waals surface area contributed by atoms with E-state index in [1.54, 1.807) is 7.11 Å². The predicted molar refractivity (Wildman–Crippen MR) is 125 cm³/mol. The molecular weight excluding hydrogens is 386 g/mol. The van der Waals surface area contributed by atoms with Gasteiger partial charge in [0.15, 0.2) is 0 Å². The van der Waals surface area contributed by atoms with Gasteiger partial charge in [0.1, 0.15) is 5.75 Å². The zero-order chi connectivity index (χ0) is 21.8. The number of benzene rings is 2. The average Bonchev–Trinajstić information content (AvgIpc) is 3.12. The van der Waals surface area contributed by atoms with Crippen LogP contribution in [0.1, 0.15) is 30.4 Å². The zero-order valence-corrected chi connectivity index (χ0v) is 18.9. The van der Waals surface area contributed by atoms with Gasteiger partial charge in [0.2, 0.25) is 5.91 Å². The number of carbonyl (C=O) groups is 1. The minimum atomic E-state index is 0.230. The van der Waals surface area contributed by atoms with Crippen LogP contribution in [0.25, 0.3) is 10.9 Å². The number of ether oxygens (including phenoxy) is 1. The van der Waals surface area contributed by atoms with Gasteiger partial charge in [0, 0.05) is 48.7 Å². The molecule has 0 N–H and O–H groups in total. The first-order chi connectivity index (χ1) is 15.1. The number of amides is 1. The van der Waals surface area contributed by atoms with Crippen molar-refractivity contribution in [3.05, 3.63) is 65.9 Å². The Labute approximate surface area is 185 Å². The molecule has 31 heavy (non-hydrogen) atoms. The quantitative estimate of drug-likeness (QED) is 0.575. The highest BCUT2D eigenvalue weighted by Gasteiger charge is 2.27. The number of methoxy groups -OCH3 is 1. The number of likely N-dealkylation sites (tertiary alicyclic amines) is 1. The number of piperidine rings is 1. The maximum Gasteiger partial charge on any atom is 0.223 e. The molecule has 0 atom stereocenters. The molecule has 164 valence electrons. The molecule has 5 nitrogen and oxygen atoms in total. The Morgan fingerprint density at radius 1 is 1.03 bits per heavy atom. The standard InChI is InChI=1S/C26H33N3O2/c1-27-16-14-22(15-17-27)29(19-21-8-4-7-11-25(21)31-3)26(30)13-12-20-18-28(2)24-10-6-5-9-23(20)24/h4-11,18,22H,12-17,19H2,1-3H3. The maximum atomic E-state index is 13.5. The van der Waals surface area contributed by atoms with Crippen LogP contribution in [0.15, 0.2) is 54.7 Å². The number of hydrogen-bond donors (Lipinski definition) is 0. The summed E-state index contributed by atoms with van der Waals surface area (Å²) in [6.45, 7) is 2.67. The summed E-state index contributed by atoms with van der Waals surface area (Å²) in [6, 6.07) is 16.7. The molecule has 0 aliphatic carbocycles. The molecule has 2 aromatic carbocycles. The molecule has 3 aromatic rings. The van der Waals surface area contributed by atoms with Crippen LogP contribution in [-0.2, 0) is 24.8 Å². The van der Waals surface area contributed by atoms with Crippen molar-refractivity contribution in [2.75, 3.05) is 27.2 Å². The molecule has 1 aliphatic heterocycles. The molecule has 1 fully saturated rings. The fraction of sp³-hybridized carbons (Fsp3) is 0.423.